The van der Waals surface area contributed by atoms with Gasteiger partial charge in [0.25, 0.3) is 0 Å². The second kappa shape index (κ2) is 4.22. The molecule has 4 rings (SSSR count). The first-order chi connectivity index (χ1) is 8.56. The summed E-state index contributed by atoms with van der Waals surface area (Å²) in [4.78, 5) is 12.2. The molecule has 0 heterocycles. The molecule has 0 aromatic rings. The maximum Gasteiger partial charge on any atom is 0.238 e. The Kier molecular flexibility index (Phi) is 2.92. The molecule has 1 amide bonds. The summed E-state index contributed by atoms with van der Waals surface area (Å²) in [5.41, 5.74) is 5.47. The molecular formula is C15H26N2O. The van der Waals surface area contributed by atoms with Crippen molar-refractivity contribution in [2.75, 3.05) is 0 Å². The summed E-state index contributed by atoms with van der Waals surface area (Å²) in [5, 5.41) is 3.65. The molecule has 1 atom stereocenters. The topological polar surface area (TPSA) is 55.1 Å². The summed E-state index contributed by atoms with van der Waals surface area (Å²) in [5.74, 6) is 2.66. The Morgan fingerprint density at radius 3 is 2.11 bits per heavy atom. The summed E-state index contributed by atoms with van der Waals surface area (Å²) in [6.07, 6.45) is 7.35. The fourth-order valence-electron chi connectivity index (χ4n) is 5.15. The van der Waals surface area contributed by atoms with E-state index in [1.165, 1.54) is 32.1 Å². The average molecular weight is 250 g/mol. The third kappa shape index (κ3) is 1.63. The molecule has 3 nitrogen and oxygen atoms in total. The van der Waals surface area contributed by atoms with Gasteiger partial charge in [-0.05, 0) is 69.1 Å². The van der Waals surface area contributed by atoms with Crippen molar-refractivity contribution in [2.24, 2.45) is 29.4 Å². The molecule has 0 saturated heterocycles. The van der Waals surface area contributed by atoms with Crippen molar-refractivity contribution >= 4 is 5.91 Å². The van der Waals surface area contributed by atoms with Crippen LogP contribution in [-0.4, -0.2) is 17.5 Å². The molecule has 0 spiro atoms. The minimum absolute atomic E-state index is 0.0865. The van der Waals surface area contributed by atoms with Crippen LogP contribution in [0.15, 0.2) is 0 Å². The first kappa shape index (κ1) is 12.5. The first-order valence-electron chi connectivity index (χ1n) is 7.63. The number of amides is 1. The third-order valence-electron chi connectivity index (χ3n) is 5.93. The Bertz CT molecular complexity index is 324. The molecule has 4 aliphatic rings. The van der Waals surface area contributed by atoms with Gasteiger partial charge in [-0.15, -0.1) is 0 Å². The van der Waals surface area contributed by atoms with Gasteiger partial charge in [0.1, 0.15) is 5.54 Å². The molecule has 0 radical (unpaired) electrons. The van der Waals surface area contributed by atoms with Gasteiger partial charge in [0.15, 0.2) is 0 Å². The lowest BCUT2D eigenvalue weighted by Crippen LogP contribution is -2.72. The third-order valence-corrected chi connectivity index (χ3v) is 5.93. The Balaban J connectivity index is 1.92. The van der Waals surface area contributed by atoms with Gasteiger partial charge in [0.05, 0.1) is 0 Å². The fraction of sp³-hybridized carbons (Fsp3) is 0.933. The van der Waals surface area contributed by atoms with Gasteiger partial charge in [0.2, 0.25) is 5.91 Å². The lowest BCUT2D eigenvalue weighted by Gasteiger charge is -2.60. The van der Waals surface area contributed by atoms with E-state index in [1.807, 2.05) is 0 Å². The molecular weight excluding hydrogens is 224 g/mol. The second-order valence-corrected chi connectivity index (χ2v) is 6.99. The van der Waals surface area contributed by atoms with E-state index in [4.69, 9.17) is 5.73 Å². The molecule has 3 heteroatoms. The van der Waals surface area contributed by atoms with Gasteiger partial charge >= 0.3 is 0 Å². The van der Waals surface area contributed by atoms with Crippen molar-refractivity contribution in [1.29, 1.82) is 0 Å². The molecule has 0 aromatic heterocycles. The summed E-state index contributed by atoms with van der Waals surface area (Å²) in [6.45, 7) is 4.35. The SMILES string of the molecule is CCC(C)NC1(C(N)=O)C2CC3CC(C2)CC1C3. The number of carbonyl (C=O) groups excluding carboxylic acids is 1. The molecule has 4 bridgehead atoms. The molecule has 1 unspecified atom stereocenters. The lowest BCUT2D eigenvalue weighted by atomic mass is 9.48. The highest BCUT2D eigenvalue weighted by molar-refractivity contribution is 5.86. The summed E-state index contributed by atoms with van der Waals surface area (Å²) >= 11 is 0. The Morgan fingerprint density at radius 1 is 1.22 bits per heavy atom. The van der Waals surface area contributed by atoms with Crippen LogP contribution >= 0.6 is 0 Å². The summed E-state index contributed by atoms with van der Waals surface area (Å²) in [6, 6.07) is 0.384. The minimum Gasteiger partial charge on any atom is -0.368 e. The number of nitrogens with one attached hydrogen (secondary N) is 1. The van der Waals surface area contributed by atoms with Crippen LogP contribution in [0.3, 0.4) is 0 Å². The molecule has 4 fully saturated rings. The summed E-state index contributed by atoms with van der Waals surface area (Å²) < 4.78 is 0. The molecule has 18 heavy (non-hydrogen) atoms. The Morgan fingerprint density at radius 2 is 1.72 bits per heavy atom. The largest absolute Gasteiger partial charge is 0.368 e. The number of nitrogens with two attached hydrogens (primary N) is 1. The van der Waals surface area contributed by atoms with Crippen molar-refractivity contribution in [2.45, 2.75) is 64.0 Å². The van der Waals surface area contributed by atoms with Crippen LogP contribution in [-0.2, 0) is 4.79 Å². The number of carbonyl (C=O) groups is 1. The van der Waals surface area contributed by atoms with Crippen LogP contribution in [0.25, 0.3) is 0 Å². The standard InChI is InChI=1S/C15H26N2O/c1-3-9(2)17-15(14(16)18)12-5-10-4-11(7-12)8-13(15)6-10/h9-13,17H,3-8H2,1-2H3,(H2,16,18). The highest BCUT2D eigenvalue weighted by Crippen LogP contribution is 2.58. The lowest BCUT2D eigenvalue weighted by molar-refractivity contribution is -0.144. The van der Waals surface area contributed by atoms with E-state index in [1.54, 1.807) is 0 Å². The average Bonchev–Trinajstić information content (AvgIpc) is 2.32. The zero-order valence-corrected chi connectivity index (χ0v) is 11.6. The number of hydrogen-bond donors (Lipinski definition) is 2. The van der Waals surface area contributed by atoms with E-state index in [0.29, 0.717) is 17.9 Å². The number of hydrogen-bond acceptors (Lipinski definition) is 2. The van der Waals surface area contributed by atoms with Crippen molar-refractivity contribution in [3.05, 3.63) is 0 Å². The van der Waals surface area contributed by atoms with Gasteiger partial charge in [0, 0.05) is 6.04 Å². The Hall–Kier alpha value is -0.570. The summed E-state index contributed by atoms with van der Waals surface area (Å²) in [7, 11) is 0. The van der Waals surface area contributed by atoms with E-state index < -0.39 is 0 Å². The van der Waals surface area contributed by atoms with Gasteiger partial charge in [-0.25, -0.2) is 0 Å². The number of rotatable bonds is 4. The van der Waals surface area contributed by atoms with Crippen LogP contribution < -0.4 is 11.1 Å². The van der Waals surface area contributed by atoms with E-state index >= 15 is 0 Å². The quantitative estimate of drug-likeness (QED) is 0.802. The van der Waals surface area contributed by atoms with Crippen LogP contribution in [0.1, 0.15) is 52.4 Å². The molecule has 0 aliphatic heterocycles. The predicted octanol–water partition coefficient (Wildman–Crippen LogP) is 2.05. The fourth-order valence-corrected chi connectivity index (χ4v) is 5.15. The maximum absolute atomic E-state index is 12.2. The zero-order valence-electron chi connectivity index (χ0n) is 11.6. The molecule has 4 aliphatic carbocycles. The monoisotopic (exact) mass is 250 g/mol. The maximum atomic E-state index is 12.2. The van der Waals surface area contributed by atoms with E-state index in [-0.39, 0.29) is 11.4 Å². The Labute approximate surface area is 110 Å². The van der Waals surface area contributed by atoms with Gasteiger partial charge < -0.3 is 11.1 Å². The molecule has 102 valence electrons. The van der Waals surface area contributed by atoms with Crippen molar-refractivity contribution in [3.63, 3.8) is 0 Å². The first-order valence-corrected chi connectivity index (χ1v) is 7.63. The highest BCUT2D eigenvalue weighted by atomic mass is 16.1. The van der Waals surface area contributed by atoms with E-state index in [9.17, 15) is 4.79 Å². The van der Waals surface area contributed by atoms with Crippen molar-refractivity contribution in [1.82, 2.24) is 5.32 Å². The van der Waals surface area contributed by atoms with Gasteiger partial charge in [-0.1, -0.05) is 6.92 Å². The van der Waals surface area contributed by atoms with E-state index in [0.717, 1.165) is 18.3 Å². The van der Waals surface area contributed by atoms with Crippen LogP contribution in [0, 0.1) is 23.7 Å². The van der Waals surface area contributed by atoms with Crippen molar-refractivity contribution < 1.29 is 4.79 Å². The van der Waals surface area contributed by atoms with E-state index in [2.05, 4.69) is 19.2 Å². The minimum atomic E-state index is -0.386. The van der Waals surface area contributed by atoms with Gasteiger partial charge in [-0.2, -0.15) is 0 Å². The second-order valence-electron chi connectivity index (χ2n) is 6.99. The van der Waals surface area contributed by atoms with Crippen LogP contribution in [0.2, 0.25) is 0 Å². The molecule has 4 saturated carbocycles. The predicted molar refractivity (Wildman–Crippen MR) is 71.9 cm³/mol. The smallest absolute Gasteiger partial charge is 0.238 e. The number of primary amides is 1. The normalized spacial score (nSPS) is 47.2. The molecule has 0 aromatic carbocycles. The highest BCUT2D eigenvalue weighted by Gasteiger charge is 2.60. The van der Waals surface area contributed by atoms with Crippen molar-refractivity contribution in [3.8, 4) is 0 Å². The zero-order chi connectivity index (χ0) is 12.9. The van der Waals surface area contributed by atoms with Crippen LogP contribution in [0.5, 0.6) is 0 Å². The van der Waals surface area contributed by atoms with Crippen LogP contribution in [0.4, 0.5) is 0 Å². The van der Waals surface area contributed by atoms with Gasteiger partial charge in [-0.3, -0.25) is 4.79 Å². The molecule has 3 N–H and O–H groups in total.